The molecule has 19 heavy (non-hydrogen) atoms. The Kier molecular flexibility index (Phi) is 5.25. The van der Waals surface area contributed by atoms with Gasteiger partial charge in [-0.3, -0.25) is 4.79 Å². The Balaban J connectivity index is 2.99. The lowest BCUT2D eigenvalue weighted by atomic mass is 10.1. The standard InChI is InChI=1S/C12H17N3O4/c1-7-3-5-14-11(9(7)10(13)16)15-8(12(17)18)4-6-19-2/h3,5,8H,4,6H2,1-2H3,(H2,13,16)(H,14,15)(H,17,18). The Morgan fingerprint density at radius 3 is 2.79 bits per heavy atom. The maximum Gasteiger partial charge on any atom is 0.326 e. The van der Waals surface area contributed by atoms with Crippen molar-refractivity contribution in [2.24, 2.45) is 5.73 Å². The molecule has 104 valence electrons. The zero-order valence-electron chi connectivity index (χ0n) is 10.8. The third-order valence-corrected chi connectivity index (χ3v) is 2.63. The fourth-order valence-corrected chi connectivity index (χ4v) is 1.64. The van der Waals surface area contributed by atoms with Crippen molar-refractivity contribution < 1.29 is 19.4 Å². The molecule has 0 aliphatic heterocycles. The van der Waals surface area contributed by atoms with E-state index in [2.05, 4.69) is 10.3 Å². The van der Waals surface area contributed by atoms with Crippen LogP contribution in [-0.2, 0) is 9.53 Å². The molecule has 7 heteroatoms. The number of carbonyl (C=O) groups excluding carboxylic acids is 1. The molecule has 4 N–H and O–H groups in total. The van der Waals surface area contributed by atoms with Crippen LogP contribution >= 0.6 is 0 Å². The van der Waals surface area contributed by atoms with Crippen LogP contribution < -0.4 is 11.1 Å². The summed E-state index contributed by atoms with van der Waals surface area (Å²) in [6, 6.07) is 0.739. The van der Waals surface area contributed by atoms with E-state index in [1.54, 1.807) is 13.0 Å². The van der Waals surface area contributed by atoms with Crippen LogP contribution in [0.25, 0.3) is 0 Å². The minimum absolute atomic E-state index is 0.177. The van der Waals surface area contributed by atoms with Crippen molar-refractivity contribution in [3.05, 3.63) is 23.4 Å². The Morgan fingerprint density at radius 1 is 1.58 bits per heavy atom. The van der Waals surface area contributed by atoms with Gasteiger partial charge in [-0.2, -0.15) is 0 Å². The Labute approximate surface area is 110 Å². The number of hydrogen-bond donors (Lipinski definition) is 3. The summed E-state index contributed by atoms with van der Waals surface area (Å²) in [7, 11) is 1.48. The number of methoxy groups -OCH3 is 1. The fraction of sp³-hybridized carbons (Fsp3) is 0.417. The second-order valence-corrected chi connectivity index (χ2v) is 4.03. The zero-order valence-corrected chi connectivity index (χ0v) is 10.8. The number of primary amides is 1. The topological polar surface area (TPSA) is 115 Å². The maximum absolute atomic E-state index is 11.4. The molecule has 0 saturated carbocycles. The molecule has 1 heterocycles. The van der Waals surface area contributed by atoms with Crippen LogP contribution in [0.4, 0.5) is 5.82 Å². The number of carboxylic acids is 1. The molecule has 0 aliphatic rings. The first-order chi connectivity index (χ1) is 8.97. The van der Waals surface area contributed by atoms with Crippen molar-refractivity contribution in [3.8, 4) is 0 Å². The monoisotopic (exact) mass is 267 g/mol. The number of aliphatic carboxylic acids is 1. The highest BCUT2D eigenvalue weighted by Gasteiger charge is 2.21. The smallest absolute Gasteiger partial charge is 0.326 e. The molecule has 0 aliphatic carbocycles. The van der Waals surface area contributed by atoms with Crippen LogP contribution in [0.1, 0.15) is 22.3 Å². The number of nitrogens with zero attached hydrogens (tertiary/aromatic N) is 1. The molecule has 0 fully saturated rings. The van der Waals surface area contributed by atoms with Gasteiger partial charge in [0.2, 0.25) is 0 Å². The van der Waals surface area contributed by atoms with Gasteiger partial charge in [0.05, 0.1) is 5.56 Å². The first-order valence-electron chi connectivity index (χ1n) is 5.71. The summed E-state index contributed by atoms with van der Waals surface area (Å²) in [4.78, 5) is 26.5. The van der Waals surface area contributed by atoms with Crippen molar-refractivity contribution >= 4 is 17.7 Å². The molecule has 7 nitrogen and oxygen atoms in total. The largest absolute Gasteiger partial charge is 0.480 e. The van der Waals surface area contributed by atoms with E-state index in [-0.39, 0.29) is 24.4 Å². The number of rotatable bonds is 7. The average molecular weight is 267 g/mol. The lowest BCUT2D eigenvalue weighted by Gasteiger charge is -2.17. The van der Waals surface area contributed by atoms with Gasteiger partial charge < -0.3 is 20.9 Å². The van der Waals surface area contributed by atoms with Crippen molar-refractivity contribution in [1.82, 2.24) is 4.98 Å². The third-order valence-electron chi connectivity index (χ3n) is 2.63. The molecule has 1 aromatic rings. The van der Waals surface area contributed by atoms with Crippen LogP contribution in [0.2, 0.25) is 0 Å². The number of hydrogen-bond acceptors (Lipinski definition) is 5. The summed E-state index contributed by atoms with van der Waals surface area (Å²) in [6.45, 7) is 1.99. The van der Waals surface area contributed by atoms with E-state index in [1.165, 1.54) is 13.3 Å². The second kappa shape index (κ2) is 6.69. The van der Waals surface area contributed by atoms with Gasteiger partial charge in [0.15, 0.2) is 0 Å². The number of nitrogens with one attached hydrogen (secondary N) is 1. The quantitative estimate of drug-likeness (QED) is 0.658. The zero-order chi connectivity index (χ0) is 14.4. The normalized spacial score (nSPS) is 11.9. The van der Waals surface area contributed by atoms with Crippen molar-refractivity contribution in [3.63, 3.8) is 0 Å². The molecule has 1 unspecified atom stereocenters. The van der Waals surface area contributed by atoms with E-state index in [9.17, 15) is 9.59 Å². The number of ether oxygens (including phenoxy) is 1. The lowest BCUT2D eigenvalue weighted by Crippen LogP contribution is -2.32. The number of nitrogens with two attached hydrogens (primary N) is 1. The van der Waals surface area contributed by atoms with Crippen LogP contribution in [0.15, 0.2) is 12.3 Å². The number of pyridine rings is 1. The van der Waals surface area contributed by atoms with Gasteiger partial charge in [0.1, 0.15) is 11.9 Å². The molecule has 0 aromatic carbocycles. The highest BCUT2D eigenvalue weighted by Crippen LogP contribution is 2.17. The molecule has 0 spiro atoms. The first-order valence-corrected chi connectivity index (χ1v) is 5.71. The van der Waals surface area contributed by atoms with Gasteiger partial charge in [-0.25, -0.2) is 9.78 Å². The highest BCUT2D eigenvalue weighted by atomic mass is 16.5. The second-order valence-electron chi connectivity index (χ2n) is 4.03. The summed E-state index contributed by atoms with van der Waals surface area (Å²) >= 11 is 0. The first kappa shape index (κ1) is 14.9. The summed E-state index contributed by atoms with van der Waals surface area (Å²) in [5, 5.41) is 11.8. The Morgan fingerprint density at radius 2 is 2.26 bits per heavy atom. The molecule has 0 radical (unpaired) electrons. The van der Waals surface area contributed by atoms with E-state index in [1.807, 2.05) is 0 Å². The minimum Gasteiger partial charge on any atom is -0.480 e. The molecular weight excluding hydrogens is 250 g/mol. The number of carbonyl (C=O) groups is 2. The highest BCUT2D eigenvalue weighted by molar-refractivity contribution is 5.99. The van der Waals surface area contributed by atoms with Crippen LogP contribution in [0, 0.1) is 6.92 Å². The SMILES string of the molecule is COCCC(Nc1nccc(C)c1C(N)=O)C(=O)O. The average Bonchev–Trinajstić information content (AvgIpc) is 2.33. The number of amides is 1. The van der Waals surface area contributed by atoms with Crippen molar-refractivity contribution in [1.29, 1.82) is 0 Å². The molecule has 0 saturated heterocycles. The van der Waals surface area contributed by atoms with E-state index in [0.29, 0.717) is 5.56 Å². The third kappa shape index (κ3) is 3.92. The van der Waals surface area contributed by atoms with Crippen LogP contribution in [0.5, 0.6) is 0 Å². The van der Waals surface area contributed by atoms with Gasteiger partial charge in [-0.1, -0.05) is 0 Å². The van der Waals surface area contributed by atoms with Gasteiger partial charge in [0, 0.05) is 26.3 Å². The number of carboxylic acid groups (broad SMARTS) is 1. The molecule has 1 amide bonds. The molecule has 1 aromatic heterocycles. The molecule has 0 bridgehead atoms. The number of aromatic nitrogens is 1. The predicted octanol–water partition coefficient (Wildman–Crippen LogP) is 0.391. The van der Waals surface area contributed by atoms with E-state index in [0.717, 1.165) is 0 Å². The van der Waals surface area contributed by atoms with E-state index < -0.39 is 17.9 Å². The maximum atomic E-state index is 11.4. The summed E-state index contributed by atoms with van der Waals surface area (Å²) in [5.74, 6) is -1.52. The fourth-order valence-electron chi connectivity index (χ4n) is 1.64. The number of aryl methyl sites for hydroxylation is 1. The van der Waals surface area contributed by atoms with Gasteiger partial charge in [-0.15, -0.1) is 0 Å². The Hall–Kier alpha value is -2.15. The van der Waals surface area contributed by atoms with Crippen molar-refractivity contribution in [2.75, 3.05) is 19.0 Å². The van der Waals surface area contributed by atoms with E-state index in [4.69, 9.17) is 15.6 Å². The minimum atomic E-state index is -1.05. The molecule has 1 atom stereocenters. The van der Waals surface area contributed by atoms with Gasteiger partial charge in [-0.05, 0) is 18.6 Å². The molecule has 1 rings (SSSR count). The summed E-state index contributed by atoms with van der Waals surface area (Å²) in [6.07, 6.45) is 1.74. The lowest BCUT2D eigenvalue weighted by molar-refractivity contribution is -0.138. The van der Waals surface area contributed by atoms with E-state index >= 15 is 0 Å². The van der Waals surface area contributed by atoms with Crippen LogP contribution in [0.3, 0.4) is 0 Å². The Bertz CT molecular complexity index is 476. The van der Waals surface area contributed by atoms with Crippen LogP contribution in [-0.4, -0.2) is 41.7 Å². The van der Waals surface area contributed by atoms with Gasteiger partial charge in [0.25, 0.3) is 5.91 Å². The van der Waals surface area contributed by atoms with Crippen molar-refractivity contribution in [2.45, 2.75) is 19.4 Å². The van der Waals surface area contributed by atoms with Gasteiger partial charge >= 0.3 is 5.97 Å². The summed E-state index contributed by atoms with van der Waals surface area (Å²) < 4.78 is 4.85. The number of anilines is 1. The predicted molar refractivity (Wildman–Crippen MR) is 69.0 cm³/mol. The molecular formula is C12H17N3O4. The summed E-state index contributed by atoms with van der Waals surface area (Å²) in [5.41, 5.74) is 6.12.